The molecule has 0 aliphatic heterocycles. The molecule has 0 aromatic heterocycles. The van der Waals surface area contributed by atoms with Gasteiger partial charge in [-0.25, -0.2) is 0 Å². The zero-order chi connectivity index (χ0) is 12.4. The lowest BCUT2D eigenvalue weighted by atomic mass is 10.1. The molecule has 0 aromatic rings. The van der Waals surface area contributed by atoms with E-state index in [0.29, 0.717) is 0 Å². The minimum absolute atomic E-state index is 0.247. The quantitative estimate of drug-likeness (QED) is 0.610. The average molecular weight is 229 g/mol. The third-order valence-corrected chi connectivity index (χ3v) is 2.55. The van der Waals surface area contributed by atoms with Crippen LogP contribution in [0.3, 0.4) is 0 Å². The van der Waals surface area contributed by atoms with Crippen LogP contribution in [0.1, 0.15) is 60.3 Å². The second kappa shape index (κ2) is 9.00. The SMILES string of the molecule is CCCC(C)COCCCCNC(C)(C)C. The zero-order valence-electron chi connectivity index (χ0n) is 11.9. The third-order valence-electron chi connectivity index (χ3n) is 2.55. The highest BCUT2D eigenvalue weighted by molar-refractivity contribution is 4.69. The molecule has 0 spiro atoms. The van der Waals surface area contributed by atoms with Gasteiger partial charge in [0, 0.05) is 18.8 Å². The van der Waals surface area contributed by atoms with Crippen molar-refractivity contribution in [2.45, 2.75) is 65.8 Å². The van der Waals surface area contributed by atoms with Gasteiger partial charge < -0.3 is 10.1 Å². The predicted octanol–water partition coefficient (Wildman–Crippen LogP) is 3.61. The maximum atomic E-state index is 5.65. The Balaban J connectivity index is 3.16. The molecule has 0 aromatic carbocycles. The van der Waals surface area contributed by atoms with E-state index in [-0.39, 0.29) is 5.54 Å². The summed E-state index contributed by atoms with van der Waals surface area (Å²) in [7, 11) is 0. The molecule has 0 heterocycles. The van der Waals surface area contributed by atoms with E-state index in [2.05, 4.69) is 39.9 Å². The van der Waals surface area contributed by atoms with Gasteiger partial charge in [-0.3, -0.25) is 0 Å². The normalized spacial score (nSPS) is 14.1. The van der Waals surface area contributed by atoms with Crippen molar-refractivity contribution in [3.63, 3.8) is 0 Å². The van der Waals surface area contributed by atoms with Crippen LogP contribution in [0.4, 0.5) is 0 Å². The number of nitrogens with one attached hydrogen (secondary N) is 1. The van der Waals surface area contributed by atoms with Gasteiger partial charge in [-0.1, -0.05) is 20.3 Å². The van der Waals surface area contributed by atoms with Crippen LogP contribution in [0.25, 0.3) is 0 Å². The van der Waals surface area contributed by atoms with Gasteiger partial charge >= 0.3 is 0 Å². The maximum absolute atomic E-state index is 5.65. The molecular formula is C14H31NO. The molecule has 0 amide bonds. The van der Waals surface area contributed by atoms with Gasteiger partial charge in [0.25, 0.3) is 0 Å². The van der Waals surface area contributed by atoms with Gasteiger partial charge in [0.05, 0.1) is 0 Å². The van der Waals surface area contributed by atoms with Gasteiger partial charge in [-0.2, -0.15) is 0 Å². The largest absolute Gasteiger partial charge is 0.381 e. The molecule has 0 aliphatic carbocycles. The standard InChI is InChI=1S/C14H31NO/c1-6-9-13(2)12-16-11-8-7-10-15-14(3,4)5/h13,15H,6-12H2,1-5H3. The molecule has 98 valence electrons. The number of hydrogen-bond acceptors (Lipinski definition) is 2. The van der Waals surface area contributed by atoms with Crippen LogP contribution >= 0.6 is 0 Å². The van der Waals surface area contributed by atoms with Crippen LogP contribution in [-0.2, 0) is 4.74 Å². The Labute approximate surface area is 102 Å². The van der Waals surface area contributed by atoms with Gasteiger partial charge in [0.15, 0.2) is 0 Å². The molecule has 0 radical (unpaired) electrons. The molecule has 16 heavy (non-hydrogen) atoms. The van der Waals surface area contributed by atoms with E-state index in [9.17, 15) is 0 Å². The molecule has 1 N–H and O–H groups in total. The zero-order valence-corrected chi connectivity index (χ0v) is 11.9. The first kappa shape index (κ1) is 15.9. The van der Waals surface area contributed by atoms with Crippen LogP contribution in [0.2, 0.25) is 0 Å². The molecule has 0 aliphatic rings. The van der Waals surface area contributed by atoms with Crippen molar-refractivity contribution in [3.8, 4) is 0 Å². The van der Waals surface area contributed by atoms with Crippen LogP contribution in [-0.4, -0.2) is 25.3 Å². The molecule has 0 bridgehead atoms. The minimum Gasteiger partial charge on any atom is -0.381 e. The number of hydrogen-bond donors (Lipinski definition) is 1. The first-order valence-electron chi connectivity index (χ1n) is 6.78. The van der Waals surface area contributed by atoms with E-state index < -0.39 is 0 Å². The molecule has 2 heteroatoms. The Morgan fingerprint density at radius 3 is 2.44 bits per heavy atom. The Morgan fingerprint density at radius 1 is 1.19 bits per heavy atom. The van der Waals surface area contributed by atoms with E-state index in [0.717, 1.165) is 25.7 Å². The summed E-state index contributed by atoms with van der Waals surface area (Å²) in [5.74, 6) is 0.720. The highest BCUT2D eigenvalue weighted by Crippen LogP contribution is 2.05. The fraction of sp³-hybridized carbons (Fsp3) is 1.00. The summed E-state index contributed by atoms with van der Waals surface area (Å²) in [5.41, 5.74) is 0.247. The van der Waals surface area contributed by atoms with Gasteiger partial charge in [-0.05, 0) is 52.5 Å². The Hall–Kier alpha value is -0.0800. The van der Waals surface area contributed by atoms with Crippen LogP contribution in [0.15, 0.2) is 0 Å². The van der Waals surface area contributed by atoms with Gasteiger partial charge in [0.1, 0.15) is 0 Å². The highest BCUT2D eigenvalue weighted by atomic mass is 16.5. The topological polar surface area (TPSA) is 21.3 Å². The van der Waals surface area contributed by atoms with Crippen LogP contribution in [0.5, 0.6) is 0 Å². The summed E-state index contributed by atoms with van der Waals surface area (Å²) in [5, 5.41) is 3.49. The lowest BCUT2D eigenvalue weighted by Crippen LogP contribution is -2.36. The van der Waals surface area contributed by atoms with E-state index in [1.807, 2.05) is 0 Å². The van der Waals surface area contributed by atoms with Crippen molar-refractivity contribution in [2.75, 3.05) is 19.8 Å². The molecule has 2 nitrogen and oxygen atoms in total. The monoisotopic (exact) mass is 229 g/mol. The predicted molar refractivity (Wildman–Crippen MR) is 71.9 cm³/mol. The van der Waals surface area contributed by atoms with Crippen molar-refractivity contribution in [1.82, 2.24) is 5.32 Å². The van der Waals surface area contributed by atoms with Gasteiger partial charge in [0.2, 0.25) is 0 Å². The third kappa shape index (κ3) is 12.0. The molecule has 0 fully saturated rings. The van der Waals surface area contributed by atoms with Crippen molar-refractivity contribution in [3.05, 3.63) is 0 Å². The van der Waals surface area contributed by atoms with Crippen molar-refractivity contribution >= 4 is 0 Å². The second-order valence-electron chi connectivity index (χ2n) is 5.85. The summed E-state index contributed by atoms with van der Waals surface area (Å²) in [4.78, 5) is 0. The molecule has 0 rings (SSSR count). The Morgan fingerprint density at radius 2 is 1.88 bits per heavy atom. The molecule has 1 unspecified atom stereocenters. The number of ether oxygens (including phenoxy) is 1. The van der Waals surface area contributed by atoms with Crippen molar-refractivity contribution in [1.29, 1.82) is 0 Å². The summed E-state index contributed by atoms with van der Waals surface area (Å²) >= 11 is 0. The molecule has 0 saturated heterocycles. The van der Waals surface area contributed by atoms with E-state index in [4.69, 9.17) is 4.74 Å². The smallest absolute Gasteiger partial charge is 0.0491 e. The fourth-order valence-electron chi connectivity index (χ4n) is 1.65. The van der Waals surface area contributed by atoms with Crippen LogP contribution < -0.4 is 5.32 Å². The minimum atomic E-state index is 0.247. The summed E-state index contributed by atoms with van der Waals surface area (Å²) in [6.45, 7) is 14.1. The van der Waals surface area contributed by atoms with Crippen molar-refractivity contribution < 1.29 is 4.74 Å². The summed E-state index contributed by atoms with van der Waals surface area (Å²) in [6, 6.07) is 0. The Bertz CT molecular complexity index is 151. The fourth-order valence-corrected chi connectivity index (χ4v) is 1.65. The lowest BCUT2D eigenvalue weighted by Gasteiger charge is -2.20. The molecule has 1 atom stereocenters. The Kier molecular flexibility index (Phi) is 8.96. The number of unbranched alkanes of at least 4 members (excludes halogenated alkanes) is 1. The summed E-state index contributed by atoms with van der Waals surface area (Å²) in [6.07, 6.45) is 4.92. The molecular weight excluding hydrogens is 198 g/mol. The molecule has 0 saturated carbocycles. The average Bonchev–Trinajstić information content (AvgIpc) is 2.15. The second-order valence-corrected chi connectivity index (χ2v) is 5.85. The van der Waals surface area contributed by atoms with Crippen molar-refractivity contribution in [2.24, 2.45) is 5.92 Å². The van der Waals surface area contributed by atoms with E-state index in [1.54, 1.807) is 0 Å². The maximum Gasteiger partial charge on any atom is 0.0491 e. The van der Waals surface area contributed by atoms with Crippen LogP contribution in [0, 0.1) is 5.92 Å². The highest BCUT2D eigenvalue weighted by Gasteiger charge is 2.06. The summed E-state index contributed by atoms with van der Waals surface area (Å²) < 4.78 is 5.65. The lowest BCUT2D eigenvalue weighted by molar-refractivity contribution is 0.0984. The first-order chi connectivity index (χ1) is 7.45. The number of rotatable bonds is 9. The van der Waals surface area contributed by atoms with Gasteiger partial charge in [-0.15, -0.1) is 0 Å². The first-order valence-corrected chi connectivity index (χ1v) is 6.78. The van der Waals surface area contributed by atoms with E-state index in [1.165, 1.54) is 25.7 Å². The van der Waals surface area contributed by atoms with E-state index >= 15 is 0 Å².